The lowest BCUT2D eigenvalue weighted by Crippen LogP contribution is -2.23. The first-order chi connectivity index (χ1) is 6.65. The number of hydrogen-bond donors (Lipinski definition) is 2. The molecule has 0 aliphatic carbocycles. The van der Waals surface area contributed by atoms with E-state index in [9.17, 15) is 4.79 Å². The van der Waals surface area contributed by atoms with Crippen LogP contribution in [0.25, 0.3) is 0 Å². The molecule has 1 aromatic carbocycles. The average Bonchev–Trinajstić information content (AvgIpc) is 2.18. The lowest BCUT2D eigenvalue weighted by atomic mass is 10.2. The maximum atomic E-state index is 11.4. The van der Waals surface area contributed by atoms with Gasteiger partial charge in [-0.05, 0) is 41.1 Å². The van der Waals surface area contributed by atoms with Crippen LogP contribution < -0.4 is 11.2 Å². The summed E-state index contributed by atoms with van der Waals surface area (Å²) in [6.07, 6.45) is 0. The van der Waals surface area contributed by atoms with E-state index in [1.54, 1.807) is 25.1 Å². The molecule has 3 N–H and O–H groups in total. The first-order valence-electron chi connectivity index (χ1n) is 4.12. The third kappa shape index (κ3) is 2.71. The largest absolute Gasteiger partial charge is 0.398 e. The van der Waals surface area contributed by atoms with Gasteiger partial charge in [-0.25, -0.2) is 5.48 Å². The molecule has 0 aromatic heterocycles. The number of anilines is 1. The molecule has 14 heavy (non-hydrogen) atoms. The van der Waals surface area contributed by atoms with Gasteiger partial charge in [0, 0.05) is 15.7 Å². The molecule has 0 spiro atoms. The van der Waals surface area contributed by atoms with Gasteiger partial charge < -0.3 is 5.73 Å². The highest BCUT2D eigenvalue weighted by Gasteiger charge is 2.06. The number of halogens is 1. The van der Waals surface area contributed by atoms with Gasteiger partial charge in [0.1, 0.15) is 0 Å². The number of nitrogens with two attached hydrogens (primary N) is 1. The van der Waals surface area contributed by atoms with Crippen molar-refractivity contribution in [1.29, 1.82) is 0 Å². The molecule has 0 atom stereocenters. The molecule has 0 aliphatic heterocycles. The van der Waals surface area contributed by atoms with Crippen LogP contribution in [-0.4, -0.2) is 12.5 Å². The Labute approximate surface area is 90.5 Å². The Bertz CT molecular complexity index is 342. The van der Waals surface area contributed by atoms with Crippen molar-refractivity contribution < 1.29 is 9.63 Å². The highest BCUT2D eigenvalue weighted by molar-refractivity contribution is 9.10. The van der Waals surface area contributed by atoms with E-state index in [-0.39, 0.29) is 5.91 Å². The predicted octanol–water partition coefficient (Wildman–Crippen LogP) is 1.71. The summed E-state index contributed by atoms with van der Waals surface area (Å²) in [5.74, 6) is -0.285. The highest BCUT2D eigenvalue weighted by Crippen LogP contribution is 2.20. The van der Waals surface area contributed by atoms with Crippen molar-refractivity contribution in [3.63, 3.8) is 0 Å². The average molecular weight is 259 g/mol. The monoisotopic (exact) mass is 258 g/mol. The summed E-state index contributed by atoms with van der Waals surface area (Å²) in [5, 5.41) is 0. The zero-order valence-electron chi connectivity index (χ0n) is 7.71. The number of nitrogen functional groups attached to an aromatic ring is 1. The van der Waals surface area contributed by atoms with E-state index in [0.717, 1.165) is 0 Å². The number of nitrogens with one attached hydrogen (secondary N) is 1. The van der Waals surface area contributed by atoms with E-state index >= 15 is 0 Å². The Morgan fingerprint density at radius 3 is 2.93 bits per heavy atom. The summed E-state index contributed by atoms with van der Waals surface area (Å²) >= 11 is 3.24. The number of hydroxylamine groups is 1. The van der Waals surface area contributed by atoms with Crippen LogP contribution >= 0.6 is 15.9 Å². The smallest absolute Gasteiger partial charge is 0.274 e. The molecule has 1 aromatic rings. The van der Waals surface area contributed by atoms with Crippen molar-refractivity contribution in [2.24, 2.45) is 0 Å². The molecular formula is C9H11BrN2O2. The van der Waals surface area contributed by atoms with E-state index in [1.165, 1.54) is 0 Å². The van der Waals surface area contributed by atoms with Crippen LogP contribution in [0, 0.1) is 0 Å². The van der Waals surface area contributed by atoms with E-state index < -0.39 is 0 Å². The van der Waals surface area contributed by atoms with Crippen LogP contribution in [0.1, 0.15) is 17.3 Å². The Morgan fingerprint density at radius 2 is 2.36 bits per heavy atom. The van der Waals surface area contributed by atoms with Crippen molar-refractivity contribution in [3.8, 4) is 0 Å². The summed E-state index contributed by atoms with van der Waals surface area (Å²) in [4.78, 5) is 16.1. The lowest BCUT2D eigenvalue weighted by molar-refractivity contribution is 0.0364. The van der Waals surface area contributed by atoms with E-state index in [4.69, 9.17) is 10.6 Å². The molecule has 5 heteroatoms. The molecule has 0 bridgehead atoms. The summed E-state index contributed by atoms with van der Waals surface area (Å²) in [7, 11) is 0. The van der Waals surface area contributed by atoms with Crippen LogP contribution in [0.5, 0.6) is 0 Å². The topological polar surface area (TPSA) is 64.3 Å². The highest BCUT2D eigenvalue weighted by atomic mass is 79.9. The van der Waals surface area contributed by atoms with Gasteiger partial charge in [-0.15, -0.1) is 0 Å². The number of carbonyl (C=O) groups is 1. The van der Waals surface area contributed by atoms with Gasteiger partial charge in [-0.1, -0.05) is 0 Å². The third-order valence-corrected chi connectivity index (χ3v) is 2.26. The number of rotatable bonds is 3. The Balaban J connectivity index is 2.76. The Hall–Kier alpha value is -1.07. The van der Waals surface area contributed by atoms with E-state index in [1.807, 2.05) is 0 Å². The lowest BCUT2D eigenvalue weighted by Gasteiger charge is -2.04. The van der Waals surface area contributed by atoms with Crippen LogP contribution in [0.15, 0.2) is 22.7 Å². The third-order valence-electron chi connectivity index (χ3n) is 1.57. The summed E-state index contributed by atoms with van der Waals surface area (Å²) in [5.41, 5.74) is 8.97. The fourth-order valence-electron chi connectivity index (χ4n) is 0.865. The van der Waals surface area contributed by atoms with Crippen LogP contribution in [0.2, 0.25) is 0 Å². The second kappa shape index (κ2) is 4.97. The second-order valence-electron chi connectivity index (χ2n) is 2.60. The van der Waals surface area contributed by atoms with Gasteiger partial charge in [0.05, 0.1) is 6.61 Å². The standard InChI is InChI=1S/C9H11BrN2O2/c1-2-14-12-9(13)6-3-4-8(11)7(10)5-6/h3-5H,2,11H2,1H3,(H,12,13). The maximum absolute atomic E-state index is 11.4. The molecule has 0 aliphatic rings. The van der Waals surface area contributed by atoms with Gasteiger partial charge in [-0.3, -0.25) is 9.63 Å². The van der Waals surface area contributed by atoms with Crippen LogP contribution in [-0.2, 0) is 4.84 Å². The van der Waals surface area contributed by atoms with Gasteiger partial charge >= 0.3 is 0 Å². The molecule has 1 rings (SSSR count). The molecule has 4 nitrogen and oxygen atoms in total. The fraction of sp³-hybridized carbons (Fsp3) is 0.222. The Morgan fingerprint density at radius 1 is 1.64 bits per heavy atom. The van der Waals surface area contributed by atoms with Crippen molar-refractivity contribution >= 4 is 27.5 Å². The fourth-order valence-corrected chi connectivity index (χ4v) is 1.24. The first-order valence-corrected chi connectivity index (χ1v) is 4.91. The molecule has 0 heterocycles. The quantitative estimate of drug-likeness (QED) is 0.641. The van der Waals surface area contributed by atoms with E-state index in [0.29, 0.717) is 22.3 Å². The minimum absolute atomic E-state index is 0.285. The van der Waals surface area contributed by atoms with E-state index in [2.05, 4.69) is 21.4 Å². The SMILES string of the molecule is CCONC(=O)c1ccc(N)c(Br)c1. The number of carbonyl (C=O) groups excluding carboxylic acids is 1. The second-order valence-corrected chi connectivity index (χ2v) is 3.45. The van der Waals surface area contributed by atoms with Crippen molar-refractivity contribution in [2.45, 2.75) is 6.92 Å². The molecule has 1 amide bonds. The minimum atomic E-state index is -0.285. The van der Waals surface area contributed by atoms with Crippen molar-refractivity contribution in [2.75, 3.05) is 12.3 Å². The molecular weight excluding hydrogens is 248 g/mol. The van der Waals surface area contributed by atoms with Gasteiger partial charge in [0.25, 0.3) is 5.91 Å². The maximum Gasteiger partial charge on any atom is 0.274 e. The van der Waals surface area contributed by atoms with Crippen molar-refractivity contribution in [1.82, 2.24) is 5.48 Å². The van der Waals surface area contributed by atoms with Gasteiger partial charge in [0.2, 0.25) is 0 Å². The number of amides is 1. The summed E-state index contributed by atoms with van der Waals surface area (Å²) in [6.45, 7) is 2.22. The summed E-state index contributed by atoms with van der Waals surface area (Å²) in [6, 6.07) is 4.93. The number of benzene rings is 1. The molecule has 0 fully saturated rings. The summed E-state index contributed by atoms with van der Waals surface area (Å²) < 4.78 is 0.696. The molecule has 0 radical (unpaired) electrons. The van der Waals surface area contributed by atoms with Gasteiger partial charge in [0.15, 0.2) is 0 Å². The normalized spacial score (nSPS) is 9.86. The molecule has 76 valence electrons. The molecule has 0 saturated heterocycles. The first kappa shape index (κ1) is 11.0. The zero-order chi connectivity index (χ0) is 10.6. The molecule has 0 unspecified atom stereocenters. The van der Waals surface area contributed by atoms with Crippen molar-refractivity contribution in [3.05, 3.63) is 28.2 Å². The number of hydrogen-bond acceptors (Lipinski definition) is 3. The minimum Gasteiger partial charge on any atom is -0.398 e. The van der Waals surface area contributed by atoms with Gasteiger partial charge in [-0.2, -0.15) is 0 Å². The van der Waals surface area contributed by atoms with Crippen LogP contribution in [0.3, 0.4) is 0 Å². The molecule has 0 saturated carbocycles. The zero-order valence-corrected chi connectivity index (χ0v) is 9.30. The van der Waals surface area contributed by atoms with Crippen LogP contribution in [0.4, 0.5) is 5.69 Å². The Kier molecular flexibility index (Phi) is 3.91. The predicted molar refractivity (Wildman–Crippen MR) is 57.6 cm³/mol.